The molecular weight excluding hydrogens is 216 g/mol. The molecule has 17 heavy (non-hydrogen) atoms. The highest BCUT2D eigenvalue weighted by molar-refractivity contribution is 5.52. The quantitative estimate of drug-likeness (QED) is 0.774. The van der Waals surface area contributed by atoms with E-state index in [1.165, 1.54) is 0 Å². The van der Waals surface area contributed by atoms with E-state index in [4.69, 9.17) is 14.6 Å². The van der Waals surface area contributed by atoms with Gasteiger partial charge in [0, 0.05) is 6.61 Å². The molecule has 0 fully saturated rings. The van der Waals surface area contributed by atoms with Crippen molar-refractivity contribution < 1.29 is 14.6 Å². The van der Waals surface area contributed by atoms with Gasteiger partial charge in [-0.3, -0.25) is 0 Å². The fourth-order valence-corrected chi connectivity index (χ4v) is 2.04. The molecule has 1 aromatic rings. The van der Waals surface area contributed by atoms with Gasteiger partial charge in [-0.15, -0.1) is 0 Å². The lowest BCUT2D eigenvalue weighted by Crippen LogP contribution is -2.00. The second-order valence-electron chi connectivity index (χ2n) is 4.20. The van der Waals surface area contributed by atoms with Crippen molar-refractivity contribution in [3.63, 3.8) is 0 Å². The maximum atomic E-state index is 8.81. The Kier molecular flexibility index (Phi) is 5.29. The van der Waals surface area contributed by atoms with Crippen molar-refractivity contribution in [2.75, 3.05) is 20.8 Å². The fourth-order valence-electron chi connectivity index (χ4n) is 2.04. The van der Waals surface area contributed by atoms with E-state index < -0.39 is 0 Å². The number of aryl methyl sites for hydroxylation is 1. The van der Waals surface area contributed by atoms with E-state index in [-0.39, 0.29) is 6.61 Å². The Hall–Kier alpha value is -1.22. The third kappa shape index (κ3) is 3.13. The molecule has 0 saturated carbocycles. The maximum absolute atomic E-state index is 8.81. The van der Waals surface area contributed by atoms with E-state index in [9.17, 15) is 0 Å². The molecule has 0 saturated heterocycles. The predicted octanol–water partition coefficient (Wildman–Crippen LogP) is 2.64. The third-order valence-electron chi connectivity index (χ3n) is 3.15. The molecule has 0 atom stereocenters. The van der Waals surface area contributed by atoms with Gasteiger partial charge in [-0.25, -0.2) is 0 Å². The summed E-state index contributed by atoms with van der Waals surface area (Å²) in [4.78, 5) is 0. The highest BCUT2D eigenvalue weighted by Gasteiger charge is 2.13. The van der Waals surface area contributed by atoms with E-state index >= 15 is 0 Å². The molecule has 0 spiro atoms. The number of aliphatic hydroxyl groups excluding tert-OH is 1. The molecule has 0 aliphatic heterocycles. The lowest BCUT2D eigenvalue weighted by Gasteiger charge is -2.16. The normalized spacial score (nSPS) is 10.4. The molecule has 96 valence electrons. The highest BCUT2D eigenvalue weighted by Crippen LogP contribution is 2.34. The summed E-state index contributed by atoms with van der Waals surface area (Å²) in [6.07, 6.45) is 2.68. The van der Waals surface area contributed by atoms with Crippen LogP contribution in [0.15, 0.2) is 6.07 Å². The Morgan fingerprint density at radius 3 is 2.29 bits per heavy atom. The average molecular weight is 238 g/mol. The van der Waals surface area contributed by atoms with E-state index in [0.29, 0.717) is 0 Å². The minimum Gasteiger partial charge on any atom is -0.496 e. The van der Waals surface area contributed by atoms with E-state index in [2.05, 4.69) is 0 Å². The molecule has 0 amide bonds. The van der Waals surface area contributed by atoms with Crippen LogP contribution in [-0.4, -0.2) is 25.9 Å². The van der Waals surface area contributed by atoms with Gasteiger partial charge in [0.1, 0.15) is 11.5 Å². The van der Waals surface area contributed by atoms with Gasteiger partial charge >= 0.3 is 0 Å². The number of hydrogen-bond donors (Lipinski definition) is 1. The highest BCUT2D eigenvalue weighted by atomic mass is 16.5. The van der Waals surface area contributed by atoms with Crippen LogP contribution in [-0.2, 0) is 6.42 Å². The van der Waals surface area contributed by atoms with Crippen LogP contribution in [0.1, 0.15) is 29.5 Å². The van der Waals surface area contributed by atoms with Crippen molar-refractivity contribution in [2.45, 2.75) is 33.1 Å². The summed E-state index contributed by atoms with van der Waals surface area (Å²) < 4.78 is 10.8. The summed E-state index contributed by atoms with van der Waals surface area (Å²) in [6.45, 7) is 4.32. The van der Waals surface area contributed by atoms with Gasteiger partial charge < -0.3 is 14.6 Å². The first-order chi connectivity index (χ1) is 8.15. The van der Waals surface area contributed by atoms with Crippen LogP contribution in [0.5, 0.6) is 11.5 Å². The topological polar surface area (TPSA) is 38.7 Å². The van der Waals surface area contributed by atoms with Gasteiger partial charge in [0.25, 0.3) is 0 Å². The predicted molar refractivity (Wildman–Crippen MR) is 69.0 cm³/mol. The van der Waals surface area contributed by atoms with Crippen LogP contribution in [0.3, 0.4) is 0 Å². The van der Waals surface area contributed by atoms with E-state index in [1.54, 1.807) is 14.2 Å². The molecule has 0 aromatic heterocycles. The maximum Gasteiger partial charge on any atom is 0.125 e. The van der Waals surface area contributed by atoms with Gasteiger partial charge in [0.15, 0.2) is 0 Å². The van der Waals surface area contributed by atoms with Gasteiger partial charge in [-0.05, 0) is 55.9 Å². The molecule has 1 rings (SSSR count). The first kappa shape index (κ1) is 13.8. The van der Waals surface area contributed by atoms with Crippen LogP contribution in [0.4, 0.5) is 0 Å². The van der Waals surface area contributed by atoms with Gasteiger partial charge in [-0.2, -0.15) is 0 Å². The zero-order chi connectivity index (χ0) is 12.8. The first-order valence-corrected chi connectivity index (χ1v) is 5.97. The molecule has 0 radical (unpaired) electrons. The van der Waals surface area contributed by atoms with Crippen LogP contribution in [0.2, 0.25) is 0 Å². The van der Waals surface area contributed by atoms with Crippen LogP contribution in [0, 0.1) is 13.8 Å². The number of hydrogen-bond acceptors (Lipinski definition) is 3. The zero-order valence-electron chi connectivity index (χ0n) is 11.2. The number of methoxy groups -OCH3 is 2. The van der Waals surface area contributed by atoms with Crippen molar-refractivity contribution in [3.05, 3.63) is 22.8 Å². The van der Waals surface area contributed by atoms with Crippen molar-refractivity contribution in [1.29, 1.82) is 0 Å². The molecule has 3 nitrogen and oxygen atoms in total. The molecule has 0 aliphatic rings. The standard InChI is InChI=1S/C14H22O3/c1-10-11(2)14(17-4)12(7-5-6-8-15)9-13(10)16-3/h9,15H,5-8H2,1-4H3. The Morgan fingerprint density at radius 2 is 1.76 bits per heavy atom. The lowest BCUT2D eigenvalue weighted by atomic mass is 9.99. The minimum absolute atomic E-state index is 0.240. The Morgan fingerprint density at radius 1 is 1.06 bits per heavy atom. The Balaban J connectivity index is 3.04. The summed E-state index contributed by atoms with van der Waals surface area (Å²) in [7, 11) is 3.38. The second kappa shape index (κ2) is 6.50. The molecule has 0 aliphatic carbocycles. The van der Waals surface area contributed by atoms with Crippen LogP contribution in [0.25, 0.3) is 0 Å². The number of aliphatic hydroxyl groups is 1. The van der Waals surface area contributed by atoms with E-state index in [0.717, 1.165) is 47.5 Å². The van der Waals surface area contributed by atoms with Crippen LogP contribution < -0.4 is 9.47 Å². The Labute approximate surface area is 103 Å². The largest absolute Gasteiger partial charge is 0.496 e. The molecule has 3 heteroatoms. The third-order valence-corrected chi connectivity index (χ3v) is 3.15. The van der Waals surface area contributed by atoms with Crippen molar-refractivity contribution >= 4 is 0 Å². The van der Waals surface area contributed by atoms with Crippen molar-refractivity contribution in [2.24, 2.45) is 0 Å². The first-order valence-electron chi connectivity index (χ1n) is 5.97. The smallest absolute Gasteiger partial charge is 0.125 e. The monoisotopic (exact) mass is 238 g/mol. The molecule has 0 heterocycles. The number of rotatable bonds is 6. The summed E-state index contributed by atoms with van der Waals surface area (Å²) >= 11 is 0. The lowest BCUT2D eigenvalue weighted by molar-refractivity contribution is 0.284. The molecule has 1 aromatic carbocycles. The fraction of sp³-hybridized carbons (Fsp3) is 0.571. The van der Waals surface area contributed by atoms with Gasteiger partial charge in [-0.1, -0.05) is 0 Å². The number of ether oxygens (including phenoxy) is 2. The summed E-state index contributed by atoms with van der Waals surface area (Å²) in [6, 6.07) is 2.04. The summed E-state index contributed by atoms with van der Waals surface area (Å²) in [5, 5.41) is 8.81. The minimum atomic E-state index is 0.240. The van der Waals surface area contributed by atoms with Crippen molar-refractivity contribution in [3.8, 4) is 11.5 Å². The summed E-state index contributed by atoms with van der Waals surface area (Å²) in [5.41, 5.74) is 3.40. The van der Waals surface area contributed by atoms with Gasteiger partial charge in [0.2, 0.25) is 0 Å². The second-order valence-corrected chi connectivity index (χ2v) is 4.20. The molecule has 0 bridgehead atoms. The van der Waals surface area contributed by atoms with Crippen molar-refractivity contribution in [1.82, 2.24) is 0 Å². The van der Waals surface area contributed by atoms with Gasteiger partial charge in [0.05, 0.1) is 14.2 Å². The molecule has 0 unspecified atom stereocenters. The number of unbranched alkanes of at least 4 members (excludes halogenated alkanes) is 1. The van der Waals surface area contributed by atoms with E-state index in [1.807, 2.05) is 19.9 Å². The zero-order valence-corrected chi connectivity index (χ0v) is 11.2. The molecular formula is C14H22O3. The molecule has 1 N–H and O–H groups in total. The Bertz CT molecular complexity index is 372. The van der Waals surface area contributed by atoms with Crippen LogP contribution >= 0.6 is 0 Å². The number of benzene rings is 1. The average Bonchev–Trinajstić information content (AvgIpc) is 2.34. The SMILES string of the molecule is COc1cc(CCCCO)c(OC)c(C)c1C. The summed E-state index contributed by atoms with van der Waals surface area (Å²) in [5.74, 6) is 1.85.